The lowest BCUT2D eigenvalue weighted by molar-refractivity contribution is 0.111. The van der Waals surface area contributed by atoms with Gasteiger partial charge in [0.2, 0.25) is 5.95 Å². The summed E-state index contributed by atoms with van der Waals surface area (Å²) in [6.07, 6.45) is 1.67. The summed E-state index contributed by atoms with van der Waals surface area (Å²) in [5.74, 6) is -1.99. The van der Waals surface area contributed by atoms with Gasteiger partial charge in [-0.1, -0.05) is 0 Å². The molecule has 0 aliphatic heterocycles. The molecule has 2 rings (SSSR count). The topological polar surface area (TPSA) is 78.1 Å². The molecule has 2 aromatic heterocycles. The van der Waals surface area contributed by atoms with Crippen LogP contribution in [0.4, 0.5) is 8.78 Å². The van der Waals surface area contributed by atoms with E-state index in [0.717, 1.165) is 0 Å². The maximum Gasteiger partial charge on any atom is 0.250 e. The number of hydrogen-bond acceptors (Lipinski definition) is 5. The number of halogens is 2. The molecule has 2 heterocycles. The van der Waals surface area contributed by atoms with E-state index >= 15 is 0 Å². The van der Waals surface area contributed by atoms with E-state index in [1.54, 1.807) is 0 Å². The highest BCUT2D eigenvalue weighted by Crippen LogP contribution is 2.30. The van der Waals surface area contributed by atoms with E-state index in [9.17, 15) is 13.6 Å². The van der Waals surface area contributed by atoms with Crippen molar-refractivity contribution in [2.24, 2.45) is 5.73 Å². The molecular weight excluding hydrogens is 268 g/mol. The number of nitrogens with two attached hydrogens (primary N) is 1. The molecule has 0 fully saturated rings. The third kappa shape index (κ3) is 2.35. The second-order valence-electron chi connectivity index (χ2n) is 3.88. The first kappa shape index (κ1) is 14.0. The molecule has 2 aromatic rings. The van der Waals surface area contributed by atoms with Gasteiger partial charge in [0.15, 0.2) is 12.1 Å². The first-order valence-electron chi connectivity index (χ1n) is 5.65. The molecule has 0 aliphatic carbocycles. The van der Waals surface area contributed by atoms with Gasteiger partial charge in [-0.3, -0.25) is 4.79 Å². The van der Waals surface area contributed by atoms with Crippen LogP contribution in [0.3, 0.4) is 0 Å². The van der Waals surface area contributed by atoms with Gasteiger partial charge in [0.25, 0.3) is 5.88 Å². The molecule has 0 bridgehead atoms. The molecule has 0 saturated heterocycles. The number of carbonyl (C=O) groups is 1. The van der Waals surface area contributed by atoms with Crippen LogP contribution in [-0.4, -0.2) is 23.4 Å². The van der Waals surface area contributed by atoms with Crippen LogP contribution in [0.15, 0.2) is 18.3 Å². The summed E-state index contributed by atoms with van der Waals surface area (Å²) < 4.78 is 32.6. The van der Waals surface area contributed by atoms with Gasteiger partial charge in [-0.15, -0.1) is 0 Å². The normalized spacial score (nSPS) is 10.4. The van der Waals surface area contributed by atoms with Gasteiger partial charge in [0, 0.05) is 18.3 Å². The van der Waals surface area contributed by atoms with Gasteiger partial charge in [0.05, 0.1) is 18.4 Å². The number of aldehydes is 1. The highest BCUT2D eigenvalue weighted by molar-refractivity contribution is 5.76. The number of rotatable bonds is 4. The van der Waals surface area contributed by atoms with Crippen molar-refractivity contribution < 1.29 is 18.3 Å². The van der Waals surface area contributed by atoms with Gasteiger partial charge in [0.1, 0.15) is 0 Å². The van der Waals surface area contributed by atoms with E-state index < -0.39 is 11.8 Å². The summed E-state index contributed by atoms with van der Waals surface area (Å²) >= 11 is 0. The van der Waals surface area contributed by atoms with Crippen molar-refractivity contribution in [1.29, 1.82) is 0 Å². The lowest BCUT2D eigenvalue weighted by Crippen LogP contribution is -2.06. The fourth-order valence-electron chi connectivity index (χ4n) is 1.75. The molecular formula is C13H11F2N3O2. The van der Waals surface area contributed by atoms with Gasteiger partial charge >= 0.3 is 0 Å². The zero-order valence-corrected chi connectivity index (χ0v) is 10.6. The lowest BCUT2D eigenvalue weighted by Gasteiger charge is -2.11. The van der Waals surface area contributed by atoms with E-state index in [0.29, 0.717) is 11.8 Å². The molecule has 0 spiro atoms. The van der Waals surface area contributed by atoms with Crippen LogP contribution < -0.4 is 10.5 Å². The largest absolute Gasteiger partial charge is 0.479 e. The van der Waals surface area contributed by atoms with E-state index in [-0.39, 0.29) is 29.2 Å². The van der Waals surface area contributed by atoms with Crippen molar-refractivity contribution in [3.05, 3.63) is 41.2 Å². The fraction of sp³-hybridized carbons (Fsp3) is 0.154. The Balaban J connectivity index is 2.67. The number of ether oxygens (including phenoxy) is 1. The molecule has 0 aliphatic rings. The molecule has 0 radical (unpaired) electrons. The molecule has 104 valence electrons. The van der Waals surface area contributed by atoms with Crippen LogP contribution in [0.5, 0.6) is 5.88 Å². The molecule has 0 unspecified atom stereocenters. The number of aromatic nitrogens is 2. The van der Waals surface area contributed by atoms with Gasteiger partial charge in [-0.05, 0) is 17.7 Å². The van der Waals surface area contributed by atoms with Crippen molar-refractivity contribution in [3.8, 4) is 17.1 Å². The molecule has 5 nitrogen and oxygen atoms in total. The minimum absolute atomic E-state index is 0.00196. The van der Waals surface area contributed by atoms with Crippen molar-refractivity contribution in [1.82, 2.24) is 9.97 Å². The summed E-state index contributed by atoms with van der Waals surface area (Å²) in [5.41, 5.74) is 5.70. The van der Waals surface area contributed by atoms with Crippen LogP contribution in [-0.2, 0) is 6.54 Å². The van der Waals surface area contributed by atoms with Crippen molar-refractivity contribution >= 4 is 6.29 Å². The number of methoxy groups -OCH3 is 1. The Kier molecular flexibility index (Phi) is 3.99. The summed E-state index contributed by atoms with van der Waals surface area (Å²) in [4.78, 5) is 17.9. The second kappa shape index (κ2) is 5.70. The van der Waals surface area contributed by atoms with Gasteiger partial charge < -0.3 is 10.5 Å². The average molecular weight is 279 g/mol. The molecule has 7 heteroatoms. The van der Waals surface area contributed by atoms with E-state index in [2.05, 4.69) is 9.97 Å². The van der Waals surface area contributed by atoms with Gasteiger partial charge in [-0.25, -0.2) is 14.4 Å². The molecule has 0 atom stereocenters. The lowest BCUT2D eigenvalue weighted by atomic mass is 10.1. The van der Waals surface area contributed by atoms with E-state index in [1.165, 1.54) is 25.4 Å². The van der Waals surface area contributed by atoms with Crippen molar-refractivity contribution in [3.63, 3.8) is 0 Å². The molecule has 0 aromatic carbocycles. The highest BCUT2D eigenvalue weighted by Gasteiger charge is 2.18. The van der Waals surface area contributed by atoms with Gasteiger partial charge in [-0.2, -0.15) is 4.39 Å². The van der Waals surface area contributed by atoms with Crippen LogP contribution in [0.25, 0.3) is 11.3 Å². The molecule has 2 N–H and O–H groups in total. The van der Waals surface area contributed by atoms with Crippen LogP contribution in [0.1, 0.15) is 15.9 Å². The number of carbonyl (C=O) groups excluding carboxylic acids is 1. The highest BCUT2D eigenvalue weighted by atomic mass is 19.1. The summed E-state index contributed by atoms with van der Waals surface area (Å²) in [6, 6.07) is 2.56. The van der Waals surface area contributed by atoms with Crippen LogP contribution in [0, 0.1) is 11.8 Å². The fourth-order valence-corrected chi connectivity index (χ4v) is 1.75. The van der Waals surface area contributed by atoms with Crippen molar-refractivity contribution in [2.75, 3.05) is 7.11 Å². The Morgan fingerprint density at radius 3 is 2.70 bits per heavy atom. The number of pyridine rings is 2. The van der Waals surface area contributed by atoms with Crippen LogP contribution >= 0.6 is 0 Å². The quantitative estimate of drug-likeness (QED) is 0.680. The first-order chi connectivity index (χ1) is 9.62. The summed E-state index contributed by atoms with van der Waals surface area (Å²) in [7, 11) is 1.26. The molecule has 20 heavy (non-hydrogen) atoms. The van der Waals surface area contributed by atoms with Crippen molar-refractivity contribution in [2.45, 2.75) is 6.54 Å². The molecule has 0 saturated carbocycles. The Morgan fingerprint density at radius 2 is 2.15 bits per heavy atom. The second-order valence-corrected chi connectivity index (χ2v) is 3.88. The predicted octanol–water partition coefficient (Wildman–Crippen LogP) is 1.70. The van der Waals surface area contributed by atoms with Crippen LogP contribution in [0.2, 0.25) is 0 Å². The summed E-state index contributed by atoms with van der Waals surface area (Å²) in [5, 5.41) is 0. The van der Waals surface area contributed by atoms with E-state index in [4.69, 9.17) is 10.5 Å². The molecule has 0 amide bonds. The Hall–Kier alpha value is -2.41. The monoisotopic (exact) mass is 279 g/mol. The number of nitrogens with zero attached hydrogens (tertiary/aromatic N) is 2. The minimum Gasteiger partial charge on any atom is -0.479 e. The summed E-state index contributed by atoms with van der Waals surface area (Å²) in [6.45, 7) is 0.00196. The Labute approximate surface area is 113 Å². The zero-order valence-electron chi connectivity index (χ0n) is 10.6. The maximum atomic E-state index is 14.2. The first-order valence-corrected chi connectivity index (χ1v) is 5.65. The maximum absolute atomic E-state index is 14.2. The third-order valence-corrected chi connectivity index (χ3v) is 2.74. The predicted molar refractivity (Wildman–Crippen MR) is 67.2 cm³/mol. The Bertz CT molecular complexity index is 662. The SMILES string of the molecule is COc1ncc(CN)c(-c2ccc(C=O)c(F)n2)c1F. The third-order valence-electron chi connectivity index (χ3n) is 2.74. The smallest absolute Gasteiger partial charge is 0.250 e. The Morgan fingerprint density at radius 1 is 1.40 bits per heavy atom. The standard InChI is InChI=1S/C13H11F2N3O2/c1-20-13-11(14)10(8(4-16)5-17-13)9-3-2-7(6-19)12(15)18-9/h2-3,5-6H,4,16H2,1H3. The number of hydrogen-bond donors (Lipinski definition) is 1. The average Bonchev–Trinajstić information content (AvgIpc) is 2.46. The minimum atomic E-state index is -0.976. The zero-order chi connectivity index (χ0) is 14.7. The van der Waals surface area contributed by atoms with E-state index in [1.807, 2.05) is 0 Å².